The van der Waals surface area contributed by atoms with Gasteiger partial charge in [-0.1, -0.05) is 30.3 Å². The van der Waals surface area contributed by atoms with Gasteiger partial charge in [-0.25, -0.2) is 4.98 Å². The molecule has 0 aliphatic rings. The zero-order valence-electron chi connectivity index (χ0n) is 15.5. The maximum Gasteiger partial charge on any atom is 0.276 e. The van der Waals surface area contributed by atoms with Gasteiger partial charge in [-0.05, 0) is 30.7 Å². The first kappa shape index (κ1) is 19.9. The molecule has 0 saturated carbocycles. The summed E-state index contributed by atoms with van der Waals surface area (Å²) in [5, 5.41) is 16.5. The minimum atomic E-state index is -1.01. The van der Waals surface area contributed by atoms with Gasteiger partial charge in [0.05, 0.1) is 5.69 Å². The third kappa shape index (κ3) is 4.90. The highest BCUT2D eigenvalue weighted by molar-refractivity contribution is 7.84. The van der Waals surface area contributed by atoms with E-state index in [9.17, 15) is 9.00 Å². The van der Waals surface area contributed by atoms with Gasteiger partial charge in [0, 0.05) is 45.1 Å². The zero-order valence-corrected chi connectivity index (χ0v) is 17.1. The molecule has 8 heteroatoms. The van der Waals surface area contributed by atoms with E-state index in [1.807, 2.05) is 48.7 Å². The van der Waals surface area contributed by atoms with Gasteiger partial charge in [0.1, 0.15) is 5.71 Å². The van der Waals surface area contributed by atoms with Crippen molar-refractivity contribution >= 4 is 44.6 Å². The van der Waals surface area contributed by atoms with Crippen LogP contribution in [0.1, 0.15) is 16.8 Å². The van der Waals surface area contributed by atoms with Crippen LogP contribution in [0.25, 0.3) is 0 Å². The lowest BCUT2D eigenvalue weighted by atomic mass is 10.1. The van der Waals surface area contributed by atoms with Crippen molar-refractivity contribution in [2.75, 3.05) is 16.9 Å². The minimum Gasteiger partial charge on any atom is -0.380 e. The van der Waals surface area contributed by atoms with Crippen LogP contribution in [0.2, 0.25) is 0 Å². The lowest BCUT2D eigenvalue weighted by Crippen LogP contribution is -2.23. The van der Waals surface area contributed by atoms with E-state index in [0.717, 1.165) is 16.2 Å². The van der Waals surface area contributed by atoms with Gasteiger partial charge in [-0.3, -0.25) is 19.7 Å². The monoisotopic (exact) mass is 412 g/mol. The standard InChI is InChI=1S/C20H20N4O2S2/c1-13-12-27-20(23-13)24-19(25)18(21)16-5-3-4-6-17(16)22-11-14-7-9-15(10-8-14)28(2)26/h3-10,12,21-22H,11H2,1-2H3,(H,23,24,25). The second-order valence-electron chi connectivity index (χ2n) is 6.12. The lowest BCUT2D eigenvalue weighted by Gasteiger charge is -2.13. The number of thiazole rings is 1. The summed E-state index contributed by atoms with van der Waals surface area (Å²) < 4.78 is 11.5. The molecule has 28 heavy (non-hydrogen) atoms. The molecule has 0 aliphatic heterocycles. The van der Waals surface area contributed by atoms with Crippen molar-refractivity contribution in [2.45, 2.75) is 18.4 Å². The number of nitrogens with zero attached hydrogens (tertiary/aromatic N) is 1. The number of aromatic nitrogens is 1. The fourth-order valence-electron chi connectivity index (χ4n) is 2.54. The first-order valence-electron chi connectivity index (χ1n) is 8.51. The third-order valence-electron chi connectivity index (χ3n) is 4.00. The molecular weight excluding hydrogens is 392 g/mol. The molecule has 1 unspecified atom stereocenters. The summed E-state index contributed by atoms with van der Waals surface area (Å²) >= 11 is 1.33. The van der Waals surface area contributed by atoms with Crippen molar-refractivity contribution < 1.29 is 9.00 Å². The molecule has 1 heterocycles. The van der Waals surface area contributed by atoms with E-state index < -0.39 is 16.7 Å². The molecule has 1 atom stereocenters. The first-order chi connectivity index (χ1) is 13.4. The van der Waals surface area contributed by atoms with Crippen LogP contribution in [0, 0.1) is 12.3 Å². The molecular formula is C20H20N4O2S2. The molecule has 0 fully saturated rings. The molecule has 3 aromatic rings. The van der Waals surface area contributed by atoms with Crippen molar-refractivity contribution in [3.63, 3.8) is 0 Å². The Morgan fingerprint density at radius 3 is 2.54 bits per heavy atom. The number of anilines is 2. The van der Waals surface area contributed by atoms with Crippen LogP contribution in [0.5, 0.6) is 0 Å². The van der Waals surface area contributed by atoms with Crippen molar-refractivity contribution in [1.82, 2.24) is 4.98 Å². The van der Waals surface area contributed by atoms with Crippen molar-refractivity contribution in [3.05, 3.63) is 70.7 Å². The molecule has 0 saturated heterocycles. The Labute approximate surface area is 170 Å². The Kier molecular flexibility index (Phi) is 6.33. The van der Waals surface area contributed by atoms with E-state index in [0.29, 0.717) is 22.9 Å². The number of hydrogen-bond donors (Lipinski definition) is 3. The normalized spacial score (nSPS) is 11.6. The smallest absolute Gasteiger partial charge is 0.276 e. The summed E-state index contributed by atoms with van der Waals surface area (Å²) in [5.74, 6) is -0.502. The summed E-state index contributed by atoms with van der Waals surface area (Å²) in [4.78, 5) is 17.4. The largest absolute Gasteiger partial charge is 0.380 e. The SMILES string of the molecule is Cc1csc(NC(=O)C(=N)c2ccccc2NCc2ccc(S(C)=O)cc2)n1. The Morgan fingerprint density at radius 2 is 1.89 bits per heavy atom. The molecule has 144 valence electrons. The van der Waals surface area contributed by atoms with Crippen molar-refractivity contribution in [2.24, 2.45) is 0 Å². The summed E-state index contributed by atoms with van der Waals surface area (Å²) in [6, 6.07) is 14.7. The van der Waals surface area contributed by atoms with Crippen LogP contribution in [0.3, 0.4) is 0 Å². The number of hydrogen-bond acceptors (Lipinski definition) is 6. The first-order valence-corrected chi connectivity index (χ1v) is 11.0. The zero-order chi connectivity index (χ0) is 20.1. The molecule has 2 aromatic carbocycles. The van der Waals surface area contributed by atoms with Gasteiger partial charge >= 0.3 is 0 Å². The number of amides is 1. The fourth-order valence-corrected chi connectivity index (χ4v) is 3.75. The number of nitrogens with one attached hydrogen (secondary N) is 3. The van der Waals surface area contributed by atoms with Gasteiger partial charge in [0.25, 0.3) is 5.91 Å². The van der Waals surface area contributed by atoms with E-state index >= 15 is 0 Å². The summed E-state index contributed by atoms with van der Waals surface area (Å²) in [7, 11) is -1.01. The van der Waals surface area contributed by atoms with E-state index in [1.165, 1.54) is 11.3 Å². The third-order valence-corrected chi connectivity index (χ3v) is 5.81. The van der Waals surface area contributed by atoms with Crippen LogP contribution < -0.4 is 10.6 Å². The van der Waals surface area contributed by atoms with Crippen molar-refractivity contribution in [1.29, 1.82) is 5.41 Å². The molecule has 0 radical (unpaired) electrons. The average molecular weight is 413 g/mol. The van der Waals surface area contributed by atoms with Crippen LogP contribution in [0.15, 0.2) is 58.8 Å². The molecule has 6 nitrogen and oxygen atoms in total. The maximum atomic E-state index is 12.4. The number of para-hydroxylation sites is 1. The minimum absolute atomic E-state index is 0.132. The molecule has 0 bridgehead atoms. The van der Waals surface area contributed by atoms with Crippen LogP contribution >= 0.6 is 11.3 Å². The van der Waals surface area contributed by atoms with E-state index in [4.69, 9.17) is 5.41 Å². The maximum absolute atomic E-state index is 12.4. The molecule has 0 spiro atoms. The number of carbonyl (C=O) groups excluding carboxylic acids is 1. The summed E-state index contributed by atoms with van der Waals surface area (Å²) in [5.41, 5.74) is 2.92. The lowest BCUT2D eigenvalue weighted by molar-refractivity contribution is -0.110. The van der Waals surface area contributed by atoms with E-state index in [1.54, 1.807) is 18.4 Å². The Morgan fingerprint density at radius 1 is 1.18 bits per heavy atom. The summed E-state index contributed by atoms with van der Waals surface area (Å²) in [6.07, 6.45) is 1.65. The number of rotatable bonds is 7. The quantitative estimate of drug-likeness (QED) is 0.514. The highest BCUT2D eigenvalue weighted by Gasteiger charge is 2.16. The predicted molar refractivity (Wildman–Crippen MR) is 115 cm³/mol. The Balaban J connectivity index is 1.70. The molecule has 3 N–H and O–H groups in total. The van der Waals surface area contributed by atoms with Crippen LogP contribution in [-0.2, 0) is 22.1 Å². The summed E-state index contributed by atoms with van der Waals surface area (Å²) in [6.45, 7) is 2.37. The van der Waals surface area contributed by atoms with Gasteiger partial charge in [0.2, 0.25) is 0 Å². The number of aryl methyl sites for hydroxylation is 1. The topological polar surface area (TPSA) is 94.9 Å². The second kappa shape index (κ2) is 8.90. The van der Waals surface area contributed by atoms with Crippen molar-refractivity contribution in [3.8, 4) is 0 Å². The fraction of sp³-hybridized carbons (Fsp3) is 0.150. The molecule has 1 aromatic heterocycles. The number of carbonyl (C=O) groups is 1. The van der Waals surface area contributed by atoms with Gasteiger partial charge in [-0.15, -0.1) is 11.3 Å². The molecule has 1 amide bonds. The highest BCUT2D eigenvalue weighted by atomic mass is 32.2. The highest BCUT2D eigenvalue weighted by Crippen LogP contribution is 2.19. The predicted octanol–water partition coefficient (Wildman–Crippen LogP) is 3.81. The van der Waals surface area contributed by atoms with Crippen LogP contribution in [0.4, 0.5) is 10.8 Å². The molecule has 3 rings (SSSR count). The Hall–Kier alpha value is -2.84. The number of benzene rings is 2. The average Bonchev–Trinajstić information content (AvgIpc) is 3.11. The van der Waals surface area contributed by atoms with E-state index in [2.05, 4.69) is 15.6 Å². The van der Waals surface area contributed by atoms with Crippen LogP contribution in [-0.4, -0.2) is 27.1 Å². The molecule has 0 aliphatic carbocycles. The van der Waals surface area contributed by atoms with Gasteiger partial charge < -0.3 is 5.32 Å². The van der Waals surface area contributed by atoms with E-state index in [-0.39, 0.29) is 5.71 Å². The second-order valence-corrected chi connectivity index (χ2v) is 8.36. The van der Waals surface area contributed by atoms with Gasteiger partial charge in [-0.2, -0.15) is 0 Å². The Bertz CT molecular complexity index is 1030. The van der Waals surface area contributed by atoms with Gasteiger partial charge in [0.15, 0.2) is 5.13 Å².